The number of aryl methyl sites for hydroxylation is 6. The minimum Gasteiger partial charge on any atom is -0.366 e. The number of benzene rings is 4. The first-order valence-electron chi connectivity index (χ1n) is 19.5. The number of aromatic nitrogens is 6. The maximum absolute atomic E-state index is 4.99. The Morgan fingerprint density at radius 1 is 0.554 bits per heavy atom. The fourth-order valence-electron chi connectivity index (χ4n) is 9.71. The van der Waals surface area contributed by atoms with Crippen LogP contribution in [0.2, 0.25) is 0 Å². The van der Waals surface area contributed by atoms with E-state index in [1.54, 1.807) is 0 Å². The Labute approximate surface area is 322 Å². The second-order valence-electron chi connectivity index (χ2n) is 15.4. The van der Waals surface area contributed by atoms with Gasteiger partial charge in [-0.1, -0.05) is 0 Å². The number of fused-ring (bicyclic) bond motifs is 8. The van der Waals surface area contributed by atoms with Crippen LogP contribution in [0.5, 0.6) is 0 Å². The lowest BCUT2D eigenvalue weighted by Gasteiger charge is -2.31. The Kier molecular flexibility index (Phi) is 6.61. The summed E-state index contributed by atoms with van der Waals surface area (Å²) in [5.74, 6) is 3.53. The Morgan fingerprint density at radius 2 is 1.12 bits per heavy atom. The van der Waals surface area contributed by atoms with Gasteiger partial charge in [0.25, 0.3) is 0 Å². The average Bonchev–Trinajstić information content (AvgIpc) is 3.75. The summed E-state index contributed by atoms with van der Waals surface area (Å²) in [6.07, 6.45) is 15.3. The molecular weight excluding hydrogens is 689 g/mol. The molecule has 9 aromatic rings. The highest BCUT2D eigenvalue weighted by Gasteiger charge is 2.33. The Morgan fingerprint density at radius 3 is 1.68 bits per heavy atom. The summed E-state index contributed by atoms with van der Waals surface area (Å²) >= 11 is 0. The minimum absolute atomic E-state index is 0.733. The third kappa shape index (κ3) is 4.50. The predicted molar refractivity (Wildman–Crippen MR) is 225 cm³/mol. The van der Waals surface area contributed by atoms with E-state index >= 15 is 0 Å². The largest absolute Gasteiger partial charge is 0.366 e. The number of nitrogens with zero attached hydrogens (tertiary/aromatic N) is 7. The van der Waals surface area contributed by atoms with E-state index in [9.17, 15) is 0 Å². The molecule has 0 bridgehead atoms. The summed E-state index contributed by atoms with van der Waals surface area (Å²) in [6.45, 7) is 5.07. The topological polar surface area (TPSA) is 85.8 Å². The van der Waals surface area contributed by atoms with E-state index in [0.717, 1.165) is 77.7 Å². The molecule has 12 rings (SSSR count). The number of amidine groups is 1. The molecule has 268 valence electrons. The first kappa shape index (κ1) is 31.4. The molecule has 1 N–H and O–H groups in total. The molecule has 0 saturated heterocycles. The van der Waals surface area contributed by atoms with E-state index in [2.05, 4.69) is 116 Å². The second kappa shape index (κ2) is 11.8. The van der Waals surface area contributed by atoms with Gasteiger partial charge >= 0.3 is 0 Å². The van der Waals surface area contributed by atoms with Crippen LogP contribution in [0, 0.1) is 13.8 Å². The van der Waals surface area contributed by atoms with Crippen molar-refractivity contribution in [1.29, 1.82) is 0 Å². The summed E-state index contributed by atoms with van der Waals surface area (Å²) in [5, 5.41) is 8.46. The van der Waals surface area contributed by atoms with Gasteiger partial charge in [-0.2, -0.15) is 0 Å². The van der Waals surface area contributed by atoms with Crippen molar-refractivity contribution in [2.24, 2.45) is 4.99 Å². The molecular formula is C48H36N8. The molecule has 1 aliphatic heterocycles. The molecule has 4 aromatic carbocycles. The maximum Gasteiger partial charge on any atom is 0.159 e. The van der Waals surface area contributed by atoms with E-state index in [0.29, 0.717) is 0 Å². The summed E-state index contributed by atoms with van der Waals surface area (Å²) in [4.78, 5) is 23.9. The Hall–Kier alpha value is -6.93. The summed E-state index contributed by atoms with van der Waals surface area (Å²) < 4.78 is 4.83. The van der Waals surface area contributed by atoms with E-state index < -0.39 is 0 Å². The number of hydrogen-bond donors (Lipinski definition) is 1. The van der Waals surface area contributed by atoms with Crippen molar-refractivity contribution in [1.82, 2.24) is 34.4 Å². The Balaban J connectivity index is 1.17. The molecule has 0 fully saturated rings. The molecule has 56 heavy (non-hydrogen) atoms. The zero-order chi connectivity index (χ0) is 37.1. The van der Waals surface area contributed by atoms with E-state index in [1.165, 1.54) is 77.1 Å². The highest BCUT2D eigenvalue weighted by atomic mass is 15.1. The zero-order valence-corrected chi connectivity index (χ0v) is 31.1. The van der Waals surface area contributed by atoms with Crippen LogP contribution in [0.4, 0.5) is 0 Å². The second-order valence-corrected chi connectivity index (χ2v) is 15.4. The summed E-state index contributed by atoms with van der Waals surface area (Å²) in [7, 11) is 0. The smallest absolute Gasteiger partial charge is 0.159 e. The van der Waals surface area contributed by atoms with Gasteiger partial charge in [0, 0.05) is 70.2 Å². The van der Waals surface area contributed by atoms with Crippen LogP contribution in [0.1, 0.15) is 38.9 Å². The van der Waals surface area contributed by atoms with Crippen molar-refractivity contribution < 1.29 is 0 Å². The van der Waals surface area contributed by atoms with Gasteiger partial charge in [0.05, 0.1) is 22.1 Å². The minimum atomic E-state index is 0.733. The standard InChI is InChI=1S/C48H36N8/c1-27-13-19-49-41(21-27)55-39-11-7-31(47-51-15-3-16-52-47)25-35(39)37-23-29-6-10-34-44-30(5-9-33(43(29)44)45(37)55)24-38-36-26-32(48-53-17-4-18-54-48)8-12-40(36)56(46(34)38)42-22-28(2)14-20-50-42/h3-4,7-8,11-17,19-26H,5-6,9-10,18H2,1-2H3,(H,53,54). The van der Waals surface area contributed by atoms with Gasteiger partial charge in [-0.3, -0.25) is 9.13 Å². The summed E-state index contributed by atoms with van der Waals surface area (Å²) in [6, 6.07) is 28.8. The highest BCUT2D eigenvalue weighted by molar-refractivity contribution is 6.17. The fourth-order valence-corrected chi connectivity index (χ4v) is 9.71. The molecule has 0 atom stereocenters. The molecule has 6 heterocycles. The van der Waals surface area contributed by atoms with Crippen LogP contribution < -0.4 is 5.32 Å². The van der Waals surface area contributed by atoms with E-state index in [1.807, 2.05) is 43.1 Å². The average molecular weight is 725 g/mol. The number of nitrogens with one attached hydrogen (secondary N) is 1. The fraction of sp³-hybridized carbons (Fsp3) is 0.146. The van der Waals surface area contributed by atoms with Gasteiger partial charge in [0.2, 0.25) is 0 Å². The molecule has 0 saturated carbocycles. The van der Waals surface area contributed by atoms with Crippen LogP contribution in [-0.2, 0) is 25.7 Å². The van der Waals surface area contributed by atoms with E-state index in [-0.39, 0.29) is 0 Å². The number of hydrogen-bond acceptors (Lipinski definition) is 6. The van der Waals surface area contributed by atoms with Crippen molar-refractivity contribution in [2.75, 3.05) is 6.54 Å². The first-order valence-corrected chi connectivity index (χ1v) is 19.5. The van der Waals surface area contributed by atoms with Gasteiger partial charge in [-0.15, -0.1) is 0 Å². The molecule has 0 spiro atoms. The van der Waals surface area contributed by atoms with Gasteiger partial charge in [0.15, 0.2) is 5.82 Å². The monoisotopic (exact) mass is 724 g/mol. The quantitative estimate of drug-likeness (QED) is 0.196. The number of rotatable bonds is 4. The Bertz CT molecular complexity index is 3220. The predicted octanol–water partition coefficient (Wildman–Crippen LogP) is 9.47. The molecule has 2 aliphatic carbocycles. The van der Waals surface area contributed by atoms with Crippen LogP contribution in [0.3, 0.4) is 0 Å². The molecule has 0 radical (unpaired) electrons. The molecule has 0 amide bonds. The van der Waals surface area contributed by atoms with Gasteiger partial charge in [-0.05, 0) is 169 Å². The van der Waals surface area contributed by atoms with Crippen molar-refractivity contribution >= 4 is 49.4 Å². The molecule has 0 unspecified atom stereocenters. The first-order chi connectivity index (χ1) is 27.6. The molecule has 8 heteroatoms. The van der Waals surface area contributed by atoms with E-state index in [4.69, 9.17) is 9.97 Å². The van der Waals surface area contributed by atoms with Crippen molar-refractivity contribution in [2.45, 2.75) is 39.5 Å². The number of pyridine rings is 2. The number of aliphatic imine (C=N–C) groups is 1. The molecule has 8 nitrogen and oxygen atoms in total. The maximum atomic E-state index is 4.99. The summed E-state index contributed by atoms with van der Waals surface area (Å²) in [5.41, 5.74) is 17.8. The van der Waals surface area contributed by atoms with Crippen LogP contribution in [0.15, 0.2) is 121 Å². The van der Waals surface area contributed by atoms with Crippen LogP contribution >= 0.6 is 0 Å². The van der Waals surface area contributed by atoms with Crippen molar-refractivity contribution in [3.05, 3.63) is 155 Å². The van der Waals surface area contributed by atoms with Gasteiger partial charge in [-0.25, -0.2) is 24.9 Å². The van der Waals surface area contributed by atoms with Gasteiger partial charge < -0.3 is 5.32 Å². The van der Waals surface area contributed by atoms with Crippen molar-refractivity contribution in [3.8, 4) is 34.2 Å². The zero-order valence-electron chi connectivity index (χ0n) is 31.1. The third-order valence-corrected chi connectivity index (χ3v) is 12.1. The van der Waals surface area contributed by atoms with Crippen LogP contribution in [0.25, 0.3) is 77.8 Å². The lowest BCUT2D eigenvalue weighted by molar-refractivity contribution is 0.881. The lowest BCUT2D eigenvalue weighted by Crippen LogP contribution is -2.26. The lowest BCUT2D eigenvalue weighted by atomic mass is 9.74. The molecule has 5 aromatic heterocycles. The molecule has 3 aliphatic rings. The van der Waals surface area contributed by atoms with Crippen molar-refractivity contribution in [3.63, 3.8) is 0 Å². The van der Waals surface area contributed by atoms with Gasteiger partial charge in [0.1, 0.15) is 17.5 Å². The SMILES string of the molecule is Cc1ccnc(-n2c3ccc(C4=NC=CCN4)cc3c3cc4c5c(c32)CCc2cc3c6cc(-c7ncccn7)ccc6n(-c6cc(C)ccn6)c3c(c2-5)CC4)c1. The normalized spacial score (nSPS) is 14.4. The van der Waals surface area contributed by atoms with Crippen LogP contribution in [-0.4, -0.2) is 41.5 Å². The highest BCUT2D eigenvalue weighted by Crippen LogP contribution is 2.51. The third-order valence-electron chi connectivity index (χ3n) is 12.1.